The number of carbonyl (C=O) groups excluding carboxylic acids is 2. The number of nitrogens with zero attached hydrogens (tertiary/aromatic N) is 2. The molecule has 3 heterocycles. The summed E-state index contributed by atoms with van der Waals surface area (Å²) < 4.78 is 1.06. The van der Waals surface area contributed by atoms with Gasteiger partial charge < -0.3 is 10.6 Å². The van der Waals surface area contributed by atoms with Gasteiger partial charge in [-0.05, 0) is 12.1 Å². The Hall–Kier alpha value is -2.74. The zero-order chi connectivity index (χ0) is 16.0. The number of para-hydroxylation sites is 1. The molecule has 1 aliphatic heterocycles. The Kier molecular flexibility index (Phi) is 3.12. The topological polar surface area (TPSA) is 99.8 Å². The highest BCUT2D eigenvalue weighted by molar-refractivity contribution is 7.18. The minimum atomic E-state index is -0.276. The summed E-state index contributed by atoms with van der Waals surface area (Å²) in [5, 5.41) is 12.9. The number of nitrogens with one attached hydrogen (secondary N) is 3. The lowest BCUT2D eigenvalue weighted by Gasteiger charge is -2.20. The average molecular weight is 327 g/mol. The zero-order valence-corrected chi connectivity index (χ0v) is 13.0. The van der Waals surface area contributed by atoms with Crippen LogP contribution in [0.1, 0.15) is 33.4 Å². The molecule has 0 bridgehead atoms. The molecular formula is C15H13N5O2S. The lowest BCUT2D eigenvalue weighted by molar-refractivity contribution is -0.116. The van der Waals surface area contributed by atoms with Gasteiger partial charge in [-0.15, -0.1) is 11.3 Å². The van der Waals surface area contributed by atoms with Crippen LogP contribution in [0.25, 0.3) is 10.2 Å². The van der Waals surface area contributed by atoms with Crippen molar-refractivity contribution >= 4 is 39.2 Å². The van der Waals surface area contributed by atoms with E-state index in [9.17, 15) is 9.59 Å². The smallest absolute Gasteiger partial charge is 0.269 e. The number of benzene rings is 1. The minimum absolute atomic E-state index is 0.128. The first kappa shape index (κ1) is 13.9. The monoisotopic (exact) mass is 327 g/mol. The molecule has 2 aromatic heterocycles. The van der Waals surface area contributed by atoms with Crippen LogP contribution in [0.2, 0.25) is 0 Å². The summed E-state index contributed by atoms with van der Waals surface area (Å²) in [6, 6.07) is 7.82. The maximum atomic E-state index is 12.1. The summed E-state index contributed by atoms with van der Waals surface area (Å²) in [6.45, 7) is 0. The number of aromatic amines is 1. The highest BCUT2D eigenvalue weighted by Gasteiger charge is 2.35. The molecule has 116 valence electrons. The van der Waals surface area contributed by atoms with Crippen LogP contribution >= 0.6 is 11.3 Å². The van der Waals surface area contributed by atoms with E-state index < -0.39 is 0 Å². The molecule has 7 nitrogen and oxygen atoms in total. The Morgan fingerprint density at radius 2 is 2.22 bits per heavy atom. The summed E-state index contributed by atoms with van der Waals surface area (Å²) in [5.74, 6) is -0.260. The fourth-order valence-electron chi connectivity index (χ4n) is 2.80. The van der Waals surface area contributed by atoms with Gasteiger partial charge in [0, 0.05) is 19.0 Å². The van der Waals surface area contributed by atoms with E-state index >= 15 is 0 Å². The molecular weight excluding hydrogens is 314 g/mol. The number of thiazole rings is 1. The lowest BCUT2D eigenvalue weighted by atomic mass is 9.92. The number of hydrogen-bond donors (Lipinski definition) is 3. The first-order valence-electron chi connectivity index (χ1n) is 7.13. The second kappa shape index (κ2) is 5.17. The van der Waals surface area contributed by atoms with Gasteiger partial charge in [-0.2, -0.15) is 5.10 Å². The van der Waals surface area contributed by atoms with Gasteiger partial charge >= 0.3 is 0 Å². The van der Waals surface area contributed by atoms with Gasteiger partial charge in [-0.1, -0.05) is 12.1 Å². The Balaban J connectivity index is 1.88. The molecule has 2 amide bonds. The van der Waals surface area contributed by atoms with Gasteiger partial charge in [0.2, 0.25) is 5.91 Å². The van der Waals surface area contributed by atoms with Crippen molar-refractivity contribution in [2.75, 3.05) is 12.4 Å². The number of H-pyrrole nitrogens is 1. The molecule has 1 aromatic carbocycles. The van der Waals surface area contributed by atoms with Gasteiger partial charge in [0.25, 0.3) is 5.91 Å². The zero-order valence-electron chi connectivity index (χ0n) is 12.2. The number of hydrogen-bond acceptors (Lipinski definition) is 5. The number of rotatable bonds is 2. The maximum Gasteiger partial charge on any atom is 0.269 e. The quantitative estimate of drug-likeness (QED) is 0.669. The van der Waals surface area contributed by atoms with E-state index in [-0.39, 0.29) is 24.2 Å². The highest BCUT2D eigenvalue weighted by atomic mass is 32.1. The van der Waals surface area contributed by atoms with E-state index in [1.165, 1.54) is 11.3 Å². The molecule has 1 unspecified atom stereocenters. The molecule has 0 radical (unpaired) electrons. The molecule has 1 atom stereocenters. The summed E-state index contributed by atoms with van der Waals surface area (Å²) in [5.41, 5.74) is 1.96. The average Bonchev–Trinajstić information content (AvgIpc) is 3.17. The third-order valence-electron chi connectivity index (χ3n) is 3.86. The van der Waals surface area contributed by atoms with E-state index in [0.29, 0.717) is 17.1 Å². The summed E-state index contributed by atoms with van der Waals surface area (Å²) in [6.07, 6.45) is 0.246. The Bertz CT molecular complexity index is 896. The number of anilines is 1. The number of aromatic nitrogens is 3. The number of amides is 2. The largest absolute Gasteiger partial charge is 0.354 e. The molecule has 1 aliphatic rings. The van der Waals surface area contributed by atoms with Gasteiger partial charge in [-0.25, -0.2) is 4.98 Å². The molecule has 3 aromatic rings. The molecule has 3 N–H and O–H groups in total. The van der Waals surface area contributed by atoms with Crippen LogP contribution in [0.4, 0.5) is 5.82 Å². The molecule has 0 fully saturated rings. The van der Waals surface area contributed by atoms with Gasteiger partial charge in [-0.3, -0.25) is 14.7 Å². The first-order chi connectivity index (χ1) is 11.2. The van der Waals surface area contributed by atoms with Crippen LogP contribution in [0, 0.1) is 0 Å². The van der Waals surface area contributed by atoms with E-state index in [1.54, 1.807) is 7.05 Å². The van der Waals surface area contributed by atoms with Crippen molar-refractivity contribution in [1.29, 1.82) is 0 Å². The van der Waals surface area contributed by atoms with Crippen LogP contribution in [0.15, 0.2) is 24.3 Å². The molecule has 23 heavy (non-hydrogen) atoms. The fourth-order valence-corrected chi connectivity index (χ4v) is 3.88. The summed E-state index contributed by atoms with van der Waals surface area (Å²) >= 11 is 1.54. The van der Waals surface area contributed by atoms with E-state index in [0.717, 1.165) is 15.2 Å². The predicted octanol–water partition coefficient (Wildman–Crippen LogP) is 1.85. The van der Waals surface area contributed by atoms with E-state index in [1.807, 2.05) is 24.3 Å². The van der Waals surface area contributed by atoms with E-state index in [4.69, 9.17) is 0 Å². The van der Waals surface area contributed by atoms with Crippen molar-refractivity contribution in [2.45, 2.75) is 12.3 Å². The number of carbonyl (C=O) groups is 2. The van der Waals surface area contributed by atoms with Crippen LogP contribution in [0.3, 0.4) is 0 Å². The molecule has 0 aliphatic carbocycles. The third kappa shape index (κ3) is 2.18. The maximum absolute atomic E-state index is 12.1. The van der Waals surface area contributed by atoms with Crippen LogP contribution in [-0.2, 0) is 4.79 Å². The van der Waals surface area contributed by atoms with Crippen molar-refractivity contribution in [3.05, 3.63) is 40.5 Å². The second-order valence-electron chi connectivity index (χ2n) is 5.26. The normalized spacial score (nSPS) is 16.9. The van der Waals surface area contributed by atoms with Crippen molar-refractivity contribution in [3.63, 3.8) is 0 Å². The highest BCUT2D eigenvalue weighted by Crippen LogP contribution is 2.40. The van der Waals surface area contributed by atoms with E-state index in [2.05, 4.69) is 25.8 Å². The molecule has 0 spiro atoms. The van der Waals surface area contributed by atoms with Crippen molar-refractivity contribution < 1.29 is 9.59 Å². The van der Waals surface area contributed by atoms with Gasteiger partial charge in [0.15, 0.2) is 5.82 Å². The van der Waals surface area contributed by atoms with Crippen LogP contribution in [-0.4, -0.2) is 34.0 Å². The van der Waals surface area contributed by atoms with Crippen molar-refractivity contribution in [3.8, 4) is 0 Å². The fraction of sp³-hybridized carbons (Fsp3) is 0.200. The number of fused-ring (bicyclic) bond motifs is 2. The van der Waals surface area contributed by atoms with Gasteiger partial charge in [0.05, 0.1) is 16.1 Å². The Morgan fingerprint density at radius 1 is 1.39 bits per heavy atom. The standard InChI is InChI=1S/C15H13N5O2S/c1-16-14(22)12-11-7(6-10(21)18-13(11)20-19-12)15-17-8-4-2-3-5-9(8)23-15/h2-5,7H,6H2,1H3,(H,16,22)(H2,18,19,20,21). The molecule has 4 rings (SSSR count). The second-order valence-corrected chi connectivity index (χ2v) is 6.33. The van der Waals surface area contributed by atoms with Crippen LogP contribution in [0.5, 0.6) is 0 Å². The summed E-state index contributed by atoms with van der Waals surface area (Å²) in [4.78, 5) is 28.7. The van der Waals surface area contributed by atoms with Crippen molar-refractivity contribution in [1.82, 2.24) is 20.5 Å². The Labute approximate surface area is 135 Å². The minimum Gasteiger partial charge on any atom is -0.354 e. The first-order valence-corrected chi connectivity index (χ1v) is 7.94. The van der Waals surface area contributed by atoms with Gasteiger partial charge in [0.1, 0.15) is 10.7 Å². The summed E-state index contributed by atoms with van der Waals surface area (Å²) in [7, 11) is 1.56. The molecule has 0 saturated heterocycles. The van der Waals surface area contributed by atoms with Crippen molar-refractivity contribution in [2.24, 2.45) is 0 Å². The predicted molar refractivity (Wildman–Crippen MR) is 86.7 cm³/mol. The third-order valence-corrected chi connectivity index (χ3v) is 5.01. The lowest BCUT2D eigenvalue weighted by Crippen LogP contribution is -2.26. The van der Waals surface area contributed by atoms with Crippen LogP contribution < -0.4 is 10.6 Å². The Morgan fingerprint density at radius 3 is 3.00 bits per heavy atom. The SMILES string of the molecule is CNC(=O)c1[nH]nc2c1C(c1nc3ccccc3s1)CC(=O)N2. The molecule has 0 saturated carbocycles. The molecule has 8 heteroatoms.